The molecule has 0 saturated carbocycles. The van der Waals surface area contributed by atoms with Crippen molar-refractivity contribution in [1.29, 1.82) is 0 Å². The number of furan rings is 1. The average Bonchev–Trinajstić information content (AvgIpc) is 2.85. The maximum absolute atomic E-state index is 12.2. The van der Waals surface area contributed by atoms with E-state index in [-0.39, 0.29) is 20.8 Å². The number of hydrogen-bond donors (Lipinski definition) is 2. The number of nitrogens with one attached hydrogen (secondary N) is 2. The molecule has 1 heterocycles. The zero-order valence-corrected chi connectivity index (χ0v) is 12.8. The first kappa shape index (κ1) is 15.2. The van der Waals surface area contributed by atoms with Gasteiger partial charge in [0.05, 0.1) is 22.3 Å². The van der Waals surface area contributed by atoms with E-state index >= 15 is 0 Å². The zero-order valence-electron chi connectivity index (χ0n) is 10.5. The van der Waals surface area contributed by atoms with Gasteiger partial charge in [0, 0.05) is 0 Å². The summed E-state index contributed by atoms with van der Waals surface area (Å²) in [6.45, 7) is 0.438. The van der Waals surface area contributed by atoms with Crippen molar-refractivity contribution in [3.8, 4) is 0 Å². The Kier molecular flexibility index (Phi) is 4.59. The van der Waals surface area contributed by atoms with E-state index in [2.05, 4.69) is 10.0 Å². The van der Waals surface area contributed by atoms with Crippen LogP contribution in [0.4, 0.5) is 5.69 Å². The second kappa shape index (κ2) is 6.05. The summed E-state index contributed by atoms with van der Waals surface area (Å²) in [4.78, 5) is 0. The molecule has 5 nitrogen and oxygen atoms in total. The molecule has 20 heavy (non-hydrogen) atoms. The third-order valence-electron chi connectivity index (χ3n) is 2.45. The van der Waals surface area contributed by atoms with Crippen LogP contribution < -0.4 is 10.0 Å². The van der Waals surface area contributed by atoms with Gasteiger partial charge in [0.1, 0.15) is 5.76 Å². The lowest BCUT2D eigenvalue weighted by atomic mass is 10.3. The van der Waals surface area contributed by atoms with Crippen LogP contribution in [0.1, 0.15) is 5.76 Å². The van der Waals surface area contributed by atoms with E-state index in [0.29, 0.717) is 12.3 Å². The minimum atomic E-state index is -3.84. The molecule has 0 fully saturated rings. The molecule has 2 aromatic rings. The van der Waals surface area contributed by atoms with E-state index in [1.54, 1.807) is 25.2 Å². The third-order valence-corrected chi connectivity index (χ3v) is 4.51. The Morgan fingerprint density at radius 2 is 1.95 bits per heavy atom. The number of anilines is 1. The highest BCUT2D eigenvalue weighted by Gasteiger charge is 2.20. The van der Waals surface area contributed by atoms with E-state index in [1.807, 2.05) is 0 Å². The van der Waals surface area contributed by atoms with Gasteiger partial charge in [0.2, 0.25) is 5.09 Å². The van der Waals surface area contributed by atoms with E-state index in [1.165, 1.54) is 12.1 Å². The molecule has 0 atom stereocenters. The summed E-state index contributed by atoms with van der Waals surface area (Å²) in [5.74, 6) is 0.519. The van der Waals surface area contributed by atoms with Gasteiger partial charge in [0.15, 0.2) is 0 Å². The summed E-state index contributed by atoms with van der Waals surface area (Å²) >= 11 is 11.8. The van der Waals surface area contributed by atoms with Crippen LogP contribution in [0.3, 0.4) is 0 Å². The highest BCUT2D eigenvalue weighted by atomic mass is 35.5. The number of rotatable bonds is 5. The Hall–Kier alpha value is -1.21. The van der Waals surface area contributed by atoms with Crippen molar-refractivity contribution in [2.24, 2.45) is 0 Å². The van der Waals surface area contributed by atoms with E-state index in [9.17, 15) is 8.42 Å². The van der Waals surface area contributed by atoms with Crippen LogP contribution in [-0.2, 0) is 16.6 Å². The van der Waals surface area contributed by atoms with Crippen LogP contribution in [0, 0.1) is 0 Å². The molecule has 108 valence electrons. The predicted octanol–water partition coefficient (Wildman–Crippen LogP) is 3.11. The van der Waals surface area contributed by atoms with Gasteiger partial charge >= 0.3 is 0 Å². The lowest BCUT2D eigenvalue weighted by Gasteiger charge is -2.08. The molecule has 0 amide bonds. The fourth-order valence-corrected chi connectivity index (χ4v) is 2.98. The monoisotopic (exact) mass is 334 g/mol. The Morgan fingerprint density at radius 3 is 2.65 bits per heavy atom. The van der Waals surface area contributed by atoms with Crippen LogP contribution in [0.25, 0.3) is 0 Å². The van der Waals surface area contributed by atoms with Gasteiger partial charge in [-0.1, -0.05) is 29.3 Å². The van der Waals surface area contributed by atoms with Gasteiger partial charge < -0.3 is 9.73 Å². The summed E-state index contributed by atoms with van der Waals surface area (Å²) in [6, 6.07) is 7.65. The Labute approximate surface area is 126 Å². The van der Waals surface area contributed by atoms with Gasteiger partial charge in [-0.3, -0.25) is 4.72 Å². The molecule has 8 heteroatoms. The summed E-state index contributed by atoms with van der Waals surface area (Å²) < 4.78 is 31.9. The van der Waals surface area contributed by atoms with E-state index in [0.717, 1.165) is 0 Å². The first-order chi connectivity index (χ1) is 9.44. The van der Waals surface area contributed by atoms with Crippen molar-refractivity contribution in [2.75, 3.05) is 11.8 Å². The number of sulfonamides is 1. The molecule has 0 unspecified atom stereocenters. The first-order valence-electron chi connectivity index (χ1n) is 5.64. The van der Waals surface area contributed by atoms with Crippen LogP contribution in [0.15, 0.2) is 39.8 Å². The third kappa shape index (κ3) is 3.27. The average molecular weight is 335 g/mol. The van der Waals surface area contributed by atoms with Crippen LogP contribution in [0.5, 0.6) is 0 Å². The molecule has 0 spiro atoms. The number of benzene rings is 1. The largest absolute Gasteiger partial charge is 0.446 e. The van der Waals surface area contributed by atoms with Crippen molar-refractivity contribution < 1.29 is 12.8 Å². The Bertz CT molecular complexity index is 713. The topological polar surface area (TPSA) is 71.3 Å². The highest BCUT2D eigenvalue weighted by Crippen LogP contribution is 2.31. The lowest BCUT2D eigenvalue weighted by Crippen LogP contribution is -2.12. The maximum Gasteiger partial charge on any atom is 0.295 e. The van der Waals surface area contributed by atoms with Crippen molar-refractivity contribution >= 4 is 38.9 Å². The quantitative estimate of drug-likeness (QED) is 0.881. The maximum atomic E-state index is 12.2. The smallest absolute Gasteiger partial charge is 0.295 e. The Morgan fingerprint density at radius 1 is 1.20 bits per heavy atom. The second-order valence-corrected chi connectivity index (χ2v) is 6.36. The summed E-state index contributed by atoms with van der Waals surface area (Å²) in [7, 11) is -2.10. The second-order valence-electron chi connectivity index (χ2n) is 3.96. The fraction of sp³-hybridized carbons (Fsp3) is 0.167. The number of halogens is 2. The highest BCUT2D eigenvalue weighted by molar-refractivity contribution is 7.92. The minimum Gasteiger partial charge on any atom is -0.446 e. The van der Waals surface area contributed by atoms with Crippen LogP contribution in [0.2, 0.25) is 10.0 Å². The molecule has 1 aromatic heterocycles. The molecule has 2 rings (SSSR count). The van der Waals surface area contributed by atoms with Gasteiger partial charge in [0.25, 0.3) is 10.0 Å². The SMILES string of the molecule is CNCc1ccc(S(=O)(=O)Nc2cccc(Cl)c2Cl)o1. The molecule has 0 aliphatic carbocycles. The molecule has 0 aliphatic heterocycles. The fourth-order valence-electron chi connectivity index (χ4n) is 1.55. The molecular formula is C12H12Cl2N2O3S. The van der Waals surface area contributed by atoms with Crippen molar-refractivity contribution in [3.05, 3.63) is 46.1 Å². The molecule has 0 radical (unpaired) electrons. The van der Waals surface area contributed by atoms with Crippen molar-refractivity contribution in [1.82, 2.24) is 5.32 Å². The first-order valence-corrected chi connectivity index (χ1v) is 7.88. The lowest BCUT2D eigenvalue weighted by molar-refractivity contribution is 0.408. The molecule has 1 aromatic carbocycles. The molecule has 0 bridgehead atoms. The number of hydrogen-bond acceptors (Lipinski definition) is 4. The van der Waals surface area contributed by atoms with Gasteiger partial charge in [-0.15, -0.1) is 0 Å². The Balaban J connectivity index is 2.28. The summed E-state index contributed by atoms with van der Waals surface area (Å²) in [6.07, 6.45) is 0. The van der Waals surface area contributed by atoms with Crippen molar-refractivity contribution in [2.45, 2.75) is 11.6 Å². The molecule has 0 aliphatic rings. The predicted molar refractivity (Wildman–Crippen MR) is 78.7 cm³/mol. The van der Waals surface area contributed by atoms with E-state index in [4.69, 9.17) is 27.6 Å². The van der Waals surface area contributed by atoms with Gasteiger partial charge in [-0.25, -0.2) is 0 Å². The minimum absolute atomic E-state index is 0.139. The molecule has 2 N–H and O–H groups in total. The zero-order chi connectivity index (χ0) is 14.8. The van der Waals surface area contributed by atoms with Crippen LogP contribution >= 0.6 is 23.2 Å². The normalized spacial score (nSPS) is 11.6. The van der Waals surface area contributed by atoms with Crippen LogP contribution in [-0.4, -0.2) is 15.5 Å². The molecule has 0 saturated heterocycles. The van der Waals surface area contributed by atoms with Gasteiger partial charge in [-0.2, -0.15) is 8.42 Å². The summed E-state index contributed by atoms with van der Waals surface area (Å²) in [5, 5.41) is 3.09. The van der Waals surface area contributed by atoms with Crippen molar-refractivity contribution in [3.63, 3.8) is 0 Å². The standard InChI is InChI=1S/C12H12Cl2N2O3S/c1-15-7-8-5-6-11(19-8)20(17,18)16-10-4-2-3-9(13)12(10)14/h2-6,15-16H,7H2,1H3. The van der Waals surface area contributed by atoms with Gasteiger partial charge in [-0.05, 0) is 31.3 Å². The molecular weight excluding hydrogens is 323 g/mol. The summed E-state index contributed by atoms with van der Waals surface area (Å²) in [5.41, 5.74) is 0.200. The van der Waals surface area contributed by atoms with E-state index < -0.39 is 10.0 Å².